The Labute approximate surface area is 169 Å². The van der Waals surface area contributed by atoms with Gasteiger partial charge in [0.1, 0.15) is 5.82 Å². The Morgan fingerprint density at radius 1 is 1.14 bits per heavy atom. The zero-order valence-electron chi connectivity index (χ0n) is 15.9. The third-order valence-corrected chi connectivity index (χ3v) is 6.79. The first-order valence-corrected chi connectivity index (χ1v) is 10.6. The van der Waals surface area contributed by atoms with Gasteiger partial charge >= 0.3 is 0 Å². The molecule has 0 unspecified atom stereocenters. The van der Waals surface area contributed by atoms with E-state index in [0.29, 0.717) is 24.3 Å². The van der Waals surface area contributed by atoms with Crippen molar-refractivity contribution in [2.75, 3.05) is 31.5 Å². The maximum Gasteiger partial charge on any atom is 0.243 e. The maximum atomic E-state index is 13.4. The molecule has 0 radical (unpaired) electrons. The van der Waals surface area contributed by atoms with Crippen molar-refractivity contribution < 1.29 is 17.6 Å². The molecule has 7 nitrogen and oxygen atoms in total. The van der Waals surface area contributed by atoms with Crippen molar-refractivity contribution in [1.29, 1.82) is 5.26 Å². The van der Waals surface area contributed by atoms with E-state index in [1.807, 2.05) is 11.0 Å². The highest BCUT2D eigenvalue weighted by atomic mass is 32.2. The topological polar surface area (TPSA) is 93.5 Å². The number of carbonyl (C=O) groups excluding carboxylic acids is 1. The van der Waals surface area contributed by atoms with E-state index in [-0.39, 0.29) is 23.9 Å². The largest absolute Gasteiger partial charge is 0.325 e. The van der Waals surface area contributed by atoms with Crippen LogP contribution in [-0.2, 0) is 14.8 Å². The van der Waals surface area contributed by atoms with Crippen LogP contribution in [0.4, 0.5) is 10.1 Å². The monoisotopic (exact) mass is 416 g/mol. The number of hydrogen-bond acceptors (Lipinski definition) is 5. The summed E-state index contributed by atoms with van der Waals surface area (Å²) in [6.45, 7) is 2.92. The van der Waals surface area contributed by atoms with Gasteiger partial charge in [-0.25, -0.2) is 12.8 Å². The maximum absolute atomic E-state index is 13.4. The SMILES string of the molecule is C[C@H](C(=O)Nc1cccc(C#N)c1)N1CCN(S(=O)(=O)c2cccc(F)c2)CC1. The third-order valence-electron chi connectivity index (χ3n) is 4.89. The molecule has 1 saturated heterocycles. The van der Waals surface area contributed by atoms with Crippen LogP contribution in [0.3, 0.4) is 0 Å². The highest BCUT2D eigenvalue weighted by Gasteiger charge is 2.32. The van der Waals surface area contributed by atoms with Crippen molar-refractivity contribution in [2.24, 2.45) is 0 Å². The molecule has 0 saturated carbocycles. The molecule has 2 aromatic rings. The molecule has 29 heavy (non-hydrogen) atoms. The van der Waals surface area contributed by atoms with Gasteiger partial charge in [-0.15, -0.1) is 0 Å². The lowest BCUT2D eigenvalue weighted by Crippen LogP contribution is -2.53. The standard InChI is InChI=1S/C20H21FN4O3S/c1-15(20(26)23-18-6-2-4-16(12-18)14-22)24-8-10-25(11-9-24)29(27,28)19-7-3-5-17(21)13-19/h2-7,12-13,15H,8-11H2,1H3,(H,23,26)/t15-/m1/s1. The number of benzene rings is 2. The zero-order chi connectivity index (χ0) is 21.0. The molecular formula is C20H21FN4O3S. The molecule has 1 fully saturated rings. The lowest BCUT2D eigenvalue weighted by atomic mass is 10.2. The van der Waals surface area contributed by atoms with Crippen LogP contribution in [0.15, 0.2) is 53.4 Å². The second-order valence-corrected chi connectivity index (χ2v) is 8.69. The lowest BCUT2D eigenvalue weighted by molar-refractivity contribution is -0.121. The van der Waals surface area contributed by atoms with Crippen LogP contribution in [0.1, 0.15) is 12.5 Å². The molecule has 0 aromatic heterocycles. The van der Waals surface area contributed by atoms with E-state index < -0.39 is 21.9 Å². The van der Waals surface area contributed by atoms with Gasteiger partial charge in [-0.1, -0.05) is 12.1 Å². The Balaban J connectivity index is 1.61. The Morgan fingerprint density at radius 2 is 1.83 bits per heavy atom. The number of halogens is 1. The molecule has 152 valence electrons. The average molecular weight is 416 g/mol. The lowest BCUT2D eigenvalue weighted by Gasteiger charge is -2.36. The summed E-state index contributed by atoms with van der Waals surface area (Å²) >= 11 is 0. The van der Waals surface area contributed by atoms with Crippen LogP contribution < -0.4 is 5.32 Å². The van der Waals surface area contributed by atoms with Gasteiger partial charge in [0.25, 0.3) is 0 Å². The van der Waals surface area contributed by atoms with Crippen LogP contribution in [0.25, 0.3) is 0 Å². The summed E-state index contributed by atoms with van der Waals surface area (Å²) in [5.41, 5.74) is 0.986. The number of nitrogens with one attached hydrogen (secondary N) is 1. The van der Waals surface area contributed by atoms with E-state index in [0.717, 1.165) is 6.07 Å². The number of amides is 1. The van der Waals surface area contributed by atoms with Crippen molar-refractivity contribution in [3.05, 3.63) is 59.9 Å². The van der Waals surface area contributed by atoms with E-state index in [9.17, 15) is 17.6 Å². The number of hydrogen-bond donors (Lipinski definition) is 1. The van der Waals surface area contributed by atoms with E-state index in [2.05, 4.69) is 5.32 Å². The molecule has 1 amide bonds. The molecular weight excluding hydrogens is 395 g/mol. The first kappa shape index (κ1) is 20.9. The summed E-state index contributed by atoms with van der Waals surface area (Å²) in [6.07, 6.45) is 0. The Morgan fingerprint density at radius 3 is 2.48 bits per heavy atom. The van der Waals surface area contributed by atoms with Crippen LogP contribution >= 0.6 is 0 Å². The van der Waals surface area contributed by atoms with E-state index in [1.54, 1.807) is 31.2 Å². The van der Waals surface area contributed by atoms with Crippen molar-refractivity contribution in [3.8, 4) is 6.07 Å². The van der Waals surface area contributed by atoms with Gasteiger partial charge in [0.15, 0.2) is 0 Å². The number of carbonyl (C=O) groups is 1. The van der Waals surface area contributed by atoms with Crippen LogP contribution in [-0.4, -0.2) is 55.8 Å². The van der Waals surface area contributed by atoms with Gasteiger partial charge in [-0.3, -0.25) is 9.69 Å². The Hall–Kier alpha value is -2.80. The fourth-order valence-corrected chi connectivity index (χ4v) is 4.64. The fraction of sp³-hybridized carbons (Fsp3) is 0.300. The molecule has 3 rings (SSSR count). The number of sulfonamides is 1. The molecule has 0 spiro atoms. The smallest absolute Gasteiger partial charge is 0.243 e. The zero-order valence-corrected chi connectivity index (χ0v) is 16.7. The number of rotatable bonds is 5. The van der Waals surface area contributed by atoms with Gasteiger partial charge in [-0.05, 0) is 43.3 Å². The highest BCUT2D eigenvalue weighted by Crippen LogP contribution is 2.19. The van der Waals surface area contributed by atoms with Gasteiger partial charge in [0.05, 0.1) is 22.6 Å². The highest BCUT2D eigenvalue weighted by molar-refractivity contribution is 7.89. The minimum absolute atomic E-state index is 0.0749. The predicted octanol–water partition coefficient (Wildman–Crippen LogP) is 2.03. The van der Waals surface area contributed by atoms with E-state index in [1.165, 1.54) is 22.5 Å². The number of anilines is 1. The Bertz CT molecular complexity index is 1040. The summed E-state index contributed by atoms with van der Waals surface area (Å²) < 4.78 is 40.1. The number of nitriles is 1. The van der Waals surface area contributed by atoms with Crippen molar-refractivity contribution >= 4 is 21.6 Å². The van der Waals surface area contributed by atoms with Gasteiger partial charge < -0.3 is 5.32 Å². The van der Waals surface area contributed by atoms with E-state index >= 15 is 0 Å². The minimum atomic E-state index is -3.77. The molecule has 2 aromatic carbocycles. The summed E-state index contributed by atoms with van der Waals surface area (Å²) in [6, 6.07) is 13.1. The second kappa shape index (κ2) is 8.69. The molecule has 1 N–H and O–H groups in total. The van der Waals surface area contributed by atoms with Crippen LogP contribution in [0.2, 0.25) is 0 Å². The second-order valence-electron chi connectivity index (χ2n) is 6.76. The third kappa shape index (κ3) is 4.79. The molecule has 1 heterocycles. The molecule has 1 aliphatic rings. The number of nitrogens with zero attached hydrogens (tertiary/aromatic N) is 3. The van der Waals surface area contributed by atoms with Gasteiger partial charge in [0, 0.05) is 31.9 Å². The van der Waals surface area contributed by atoms with Gasteiger partial charge in [0.2, 0.25) is 15.9 Å². The minimum Gasteiger partial charge on any atom is -0.325 e. The van der Waals surface area contributed by atoms with Gasteiger partial charge in [-0.2, -0.15) is 9.57 Å². The first-order chi connectivity index (χ1) is 13.8. The molecule has 1 aliphatic heterocycles. The van der Waals surface area contributed by atoms with Crippen molar-refractivity contribution in [2.45, 2.75) is 17.9 Å². The van der Waals surface area contributed by atoms with Crippen molar-refractivity contribution in [1.82, 2.24) is 9.21 Å². The summed E-state index contributed by atoms with van der Waals surface area (Å²) in [7, 11) is -3.77. The van der Waals surface area contributed by atoms with Crippen LogP contribution in [0.5, 0.6) is 0 Å². The van der Waals surface area contributed by atoms with Crippen molar-refractivity contribution in [3.63, 3.8) is 0 Å². The quantitative estimate of drug-likeness (QED) is 0.805. The molecule has 1 atom stereocenters. The Kier molecular flexibility index (Phi) is 6.27. The summed E-state index contributed by atoms with van der Waals surface area (Å²) in [4.78, 5) is 14.4. The predicted molar refractivity (Wildman–Crippen MR) is 106 cm³/mol. The average Bonchev–Trinajstić information content (AvgIpc) is 2.73. The first-order valence-electron chi connectivity index (χ1n) is 9.12. The summed E-state index contributed by atoms with van der Waals surface area (Å²) in [5, 5.41) is 11.7. The summed E-state index contributed by atoms with van der Waals surface area (Å²) in [5.74, 6) is -0.836. The molecule has 0 bridgehead atoms. The van der Waals surface area contributed by atoms with Crippen LogP contribution in [0, 0.1) is 17.1 Å². The van der Waals surface area contributed by atoms with E-state index in [4.69, 9.17) is 5.26 Å². The molecule has 9 heteroatoms. The molecule has 0 aliphatic carbocycles. The fourth-order valence-electron chi connectivity index (χ4n) is 3.19. The normalized spacial score (nSPS) is 16.7. The number of piperazine rings is 1.